The first-order valence-electron chi connectivity index (χ1n) is 9.58. The van der Waals surface area contributed by atoms with Gasteiger partial charge in [0.15, 0.2) is 0 Å². The first-order chi connectivity index (χ1) is 15.0. The summed E-state index contributed by atoms with van der Waals surface area (Å²) >= 11 is 0. The second kappa shape index (κ2) is 8.88. The molecule has 12 nitrogen and oxygen atoms in total. The smallest absolute Gasteiger partial charge is 0.299 e. The molecule has 13 heteroatoms. The van der Waals surface area contributed by atoms with E-state index < -0.39 is 37.3 Å². The van der Waals surface area contributed by atoms with Crippen LogP contribution in [0.5, 0.6) is 0 Å². The number of carbonyl (C=O) groups is 1. The number of nitro groups is 2. The van der Waals surface area contributed by atoms with Crippen LogP contribution in [0.2, 0.25) is 0 Å². The minimum atomic E-state index is -3.84. The predicted molar refractivity (Wildman–Crippen MR) is 116 cm³/mol. The molecule has 0 saturated carbocycles. The Balaban J connectivity index is 1.81. The molecule has 0 unspecified atom stereocenters. The molecule has 2 aromatic rings. The number of hydrogen-bond acceptors (Lipinski definition) is 8. The van der Waals surface area contributed by atoms with E-state index in [-0.39, 0.29) is 36.1 Å². The lowest BCUT2D eigenvalue weighted by Gasteiger charge is -2.39. The van der Waals surface area contributed by atoms with E-state index in [0.29, 0.717) is 5.69 Å². The zero-order chi connectivity index (χ0) is 23.6. The summed E-state index contributed by atoms with van der Waals surface area (Å²) in [6, 6.07) is 8.69. The van der Waals surface area contributed by atoms with Crippen LogP contribution in [0, 0.1) is 20.2 Å². The van der Waals surface area contributed by atoms with E-state index in [0.717, 1.165) is 6.07 Å². The topological polar surface area (TPSA) is 156 Å². The molecule has 1 amide bonds. The van der Waals surface area contributed by atoms with Crippen molar-refractivity contribution in [1.82, 2.24) is 4.31 Å². The molecule has 0 bridgehead atoms. The molecule has 1 atom stereocenters. The zero-order valence-corrected chi connectivity index (χ0v) is 18.1. The van der Waals surface area contributed by atoms with Gasteiger partial charge in [-0.3, -0.25) is 25.0 Å². The molecule has 32 heavy (non-hydrogen) atoms. The number of nitrogens with zero attached hydrogens (tertiary/aromatic N) is 4. The van der Waals surface area contributed by atoms with Crippen molar-refractivity contribution in [2.24, 2.45) is 0 Å². The summed E-state index contributed by atoms with van der Waals surface area (Å²) in [5.41, 5.74) is -0.127. The summed E-state index contributed by atoms with van der Waals surface area (Å²) in [6.45, 7) is 3.45. The van der Waals surface area contributed by atoms with Crippen LogP contribution in [0.4, 0.5) is 22.7 Å². The minimum absolute atomic E-state index is 0.0632. The Hall–Kier alpha value is -3.58. The molecule has 1 fully saturated rings. The number of anilines is 2. The average Bonchev–Trinajstić information content (AvgIpc) is 2.72. The quantitative estimate of drug-likeness (QED) is 0.505. The second-order valence-corrected chi connectivity index (χ2v) is 9.19. The van der Waals surface area contributed by atoms with Gasteiger partial charge in [-0.15, -0.1) is 0 Å². The van der Waals surface area contributed by atoms with Crippen molar-refractivity contribution < 1.29 is 23.1 Å². The predicted octanol–water partition coefficient (Wildman–Crippen LogP) is 2.36. The molecule has 2 aromatic carbocycles. The summed E-state index contributed by atoms with van der Waals surface area (Å²) in [7, 11) is -3.84. The van der Waals surface area contributed by atoms with Gasteiger partial charge >= 0.3 is 0 Å². The highest BCUT2D eigenvalue weighted by Gasteiger charge is 2.35. The highest BCUT2D eigenvalue weighted by molar-refractivity contribution is 7.89. The Bertz CT molecular complexity index is 1170. The van der Waals surface area contributed by atoms with Crippen molar-refractivity contribution in [3.8, 4) is 0 Å². The van der Waals surface area contributed by atoms with Gasteiger partial charge in [-0.05, 0) is 37.3 Å². The summed E-state index contributed by atoms with van der Waals surface area (Å²) in [6.07, 6.45) is 0. The number of benzene rings is 2. The number of nitrogens with one attached hydrogen (secondary N) is 1. The molecule has 1 N–H and O–H groups in total. The number of nitro benzene ring substituents is 2. The molecule has 0 spiro atoms. The van der Waals surface area contributed by atoms with Gasteiger partial charge in [0, 0.05) is 44.4 Å². The van der Waals surface area contributed by atoms with E-state index in [4.69, 9.17) is 0 Å². The van der Waals surface area contributed by atoms with Gasteiger partial charge in [0.1, 0.15) is 5.69 Å². The fraction of sp³-hybridized carbons (Fsp3) is 0.316. The molecule has 1 heterocycles. The number of piperazine rings is 1. The van der Waals surface area contributed by atoms with Gasteiger partial charge in [0.05, 0.1) is 20.8 Å². The number of amides is 1. The third kappa shape index (κ3) is 4.68. The normalized spacial score (nSPS) is 17.1. The Kier molecular flexibility index (Phi) is 6.41. The van der Waals surface area contributed by atoms with Crippen molar-refractivity contribution in [2.75, 3.05) is 29.9 Å². The average molecular weight is 463 g/mol. The minimum Gasteiger partial charge on any atom is -0.363 e. The van der Waals surface area contributed by atoms with Crippen LogP contribution >= 0.6 is 0 Å². The molecule has 170 valence electrons. The van der Waals surface area contributed by atoms with E-state index in [1.165, 1.54) is 47.6 Å². The molecule has 1 aliphatic rings. The van der Waals surface area contributed by atoms with Gasteiger partial charge in [-0.25, -0.2) is 8.42 Å². The second-order valence-electron chi connectivity index (χ2n) is 7.30. The molecule has 0 aromatic heterocycles. The maximum absolute atomic E-state index is 13.1. The Labute approximate surface area is 183 Å². The van der Waals surface area contributed by atoms with E-state index in [1.807, 2.05) is 0 Å². The molecular weight excluding hydrogens is 442 g/mol. The summed E-state index contributed by atoms with van der Waals surface area (Å²) in [5, 5.41) is 25.0. The summed E-state index contributed by atoms with van der Waals surface area (Å²) in [4.78, 5) is 33.9. The number of rotatable bonds is 6. The van der Waals surface area contributed by atoms with Gasteiger partial charge in [-0.1, -0.05) is 0 Å². The van der Waals surface area contributed by atoms with Crippen molar-refractivity contribution in [1.29, 1.82) is 0 Å². The largest absolute Gasteiger partial charge is 0.363 e. The van der Waals surface area contributed by atoms with Crippen molar-refractivity contribution in [3.63, 3.8) is 0 Å². The third-order valence-electron chi connectivity index (χ3n) is 5.06. The van der Waals surface area contributed by atoms with Gasteiger partial charge in [-0.2, -0.15) is 4.31 Å². The Morgan fingerprint density at radius 2 is 1.72 bits per heavy atom. The van der Waals surface area contributed by atoms with E-state index in [2.05, 4.69) is 5.32 Å². The Morgan fingerprint density at radius 1 is 1.06 bits per heavy atom. The first kappa shape index (κ1) is 23.1. The summed E-state index contributed by atoms with van der Waals surface area (Å²) in [5.74, 6) is -0.273. The molecule has 0 aliphatic carbocycles. The SMILES string of the molecule is CC(=O)Nc1ccc(S(=O)(=O)N2CCN(c3ccc([N+](=O)[O-])cc3[N+](=O)[O-])C[C@@H]2C)cc1. The molecule has 0 radical (unpaired) electrons. The van der Waals surface area contributed by atoms with Gasteiger partial charge < -0.3 is 10.2 Å². The number of non-ortho nitro benzene ring substituents is 1. The standard InChI is InChI=1S/C19H21N5O7S/c1-13-12-21(18-8-5-16(23(26)27)11-19(18)24(28)29)9-10-22(13)32(30,31)17-6-3-15(4-7-17)20-14(2)25/h3-8,11,13H,9-10,12H2,1-2H3,(H,20,25)/t13-/m0/s1. The number of carbonyl (C=O) groups excluding carboxylic acids is 1. The Morgan fingerprint density at radius 3 is 2.25 bits per heavy atom. The van der Waals surface area contributed by atoms with Crippen LogP contribution in [0.3, 0.4) is 0 Å². The van der Waals surface area contributed by atoms with Crippen LogP contribution in [0.1, 0.15) is 13.8 Å². The van der Waals surface area contributed by atoms with Crippen LogP contribution in [0.15, 0.2) is 47.4 Å². The van der Waals surface area contributed by atoms with E-state index in [9.17, 15) is 33.4 Å². The fourth-order valence-corrected chi connectivity index (χ4v) is 5.22. The molecule has 1 saturated heterocycles. The van der Waals surface area contributed by atoms with Crippen molar-refractivity contribution in [2.45, 2.75) is 24.8 Å². The van der Waals surface area contributed by atoms with Crippen molar-refractivity contribution in [3.05, 3.63) is 62.7 Å². The van der Waals surface area contributed by atoms with Crippen LogP contribution < -0.4 is 10.2 Å². The van der Waals surface area contributed by atoms with E-state index in [1.54, 1.807) is 11.8 Å². The first-order valence-corrected chi connectivity index (χ1v) is 11.0. The van der Waals surface area contributed by atoms with Crippen molar-refractivity contribution >= 4 is 38.7 Å². The van der Waals surface area contributed by atoms with Crippen LogP contribution in [-0.4, -0.2) is 54.2 Å². The van der Waals surface area contributed by atoms with Gasteiger partial charge in [0.2, 0.25) is 15.9 Å². The fourth-order valence-electron chi connectivity index (χ4n) is 3.60. The zero-order valence-electron chi connectivity index (χ0n) is 17.3. The third-order valence-corrected chi connectivity index (χ3v) is 7.08. The van der Waals surface area contributed by atoms with Gasteiger partial charge in [0.25, 0.3) is 11.4 Å². The lowest BCUT2D eigenvalue weighted by molar-refractivity contribution is -0.393. The molecular formula is C19H21N5O7S. The monoisotopic (exact) mass is 463 g/mol. The van der Waals surface area contributed by atoms with Crippen LogP contribution in [0.25, 0.3) is 0 Å². The number of hydrogen-bond donors (Lipinski definition) is 1. The summed E-state index contributed by atoms with van der Waals surface area (Å²) < 4.78 is 27.5. The lowest BCUT2D eigenvalue weighted by atomic mass is 10.1. The number of sulfonamides is 1. The highest BCUT2D eigenvalue weighted by Crippen LogP contribution is 2.34. The molecule has 1 aliphatic heterocycles. The molecule has 3 rings (SSSR count). The maximum atomic E-state index is 13.1. The van der Waals surface area contributed by atoms with E-state index >= 15 is 0 Å². The van der Waals surface area contributed by atoms with Crippen LogP contribution in [-0.2, 0) is 14.8 Å². The maximum Gasteiger partial charge on any atom is 0.299 e. The lowest BCUT2D eigenvalue weighted by Crippen LogP contribution is -2.54. The highest BCUT2D eigenvalue weighted by atomic mass is 32.2.